The van der Waals surface area contributed by atoms with Crippen molar-refractivity contribution in [2.75, 3.05) is 6.54 Å². The molecule has 2 heterocycles. The summed E-state index contributed by atoms with van der Waals surface area (Å²) in [7, 11) is -3.39. The monoisotopic (exact) mass is 307 g/mol. The molecule has 20 heavy (non-hydrogen) atoms. The van der Waals surface area contributed by atoms with Crippen LogP contribution < -0.4 is 0 Å². The van der Waals surface area contributed by atoms with Crippen molar-refractivity contribution >= 4 is 21.4 Å². The van der Waals surface area contributed by atoms with Gasteiger partial charge in [0.25, 0.3) is 0 Å². The van der Waals surface area contributed by atoms with Crippen LogP contribution in [0.25, 0.3) is 0 Å². The molecule has 0 unspecified atom stereocenters. The third-order valence-corrected chi connectivity index (χ3v) is 6.38. The Labute approximate surface area is 123 Å². The van der Waals surface area contributed by atoms with Crippen molar-refractivity contribution in [2.24, 2.45) is 0 Å². The number of benzene rings is 1. The highest BCUT2D eigenvalue weighted by Gasteiger charge is 2.36. The molecule has 0 saturated carbocycles. The number of hydrogen-bond acceptors (Lipinski definition) is 3. The third kappa shape index (κ3) is 2.41. The van der Waals surface area contributed by atoms with Crippen LogP contribution in [0.3, 0.4) is 0 Å². The predicted molar refractivity (Wildman–Crippen MR) is 81.4 cm³/mol. The molecule has 0 bridgehead atoms. The fourth-order valence-electron chi connectivity index (χ4n) is 2.67. The summed E-state index contributed by atoms with van der Waals surface area (Å²) in [4.78, 5) is 0.394. The molecular formula is C15H17NO2S2. The summed E-state index contributed by atoms with van der Waals surface area (Å²) in [6, 6.07) is 9.12. The molecule has 0 spiro atoms. The van der Waals surface area contributed by atoms with Gasteiger partial charge in [0.15, 0.2) is 0 Å². The Bertz CT molecular complexity index is 675. The zero-order valence-corrected chi connectivity index (χ0v) is 13.0. The average molecular weight is 307 g/mol. The maximum Gasteiger partial charge on any atom is 0.243 e. The first-order valence-electron chi connectivity index (χ1n) is 6.69. The lowest BCUT2D eigenvalue weighted by Crippen LogP contribution is -2.30. The van der Waals surface area contributed by atoms with Gasteiger partial charge in [0, 0.05) is 6.54 Å². The fraction of sp³-hybridized carbons (Fsp3) is 0.333. The summed E-state index contributed by atoms with van der Waals surface area (Å²) in [6.45, 7) is 2.57. The minimum atomic E-state index is -3.39. The molecule has 1 aromatic carbocycles. The minimum absolute atomic E-state index is 0.00690. The largest absolute Gasteiger partial charge is 0.243 e. The fourth-order valence-corrected chi connectivity index (χ4v) is 5.06. The summed E-state index contributed by atoms with van der Waals surface area (Å²) < 4.78 is 27.2. The van der Waals surface area contributed by atoms with Crippen LogP contribution in [0.4, 0.5) is 0 Å². The maximum atomic E-state index is 12.8. The van der Waals surface area contributed by atoms with E-state index in [-0.39, 0.29) is 6.04 Å². The van der Waals surface area contributed by atoms with Gasteiger partial charge in [-0.2, -0.15) is 15.6 Å². The van der Waals surface area contributed by atoms with E-state index in [9.17, 15) is 8.42 Å². The molecular weight excluding hydrogens is 290 g/mol. The first-order valence-corrected chi connectivity index (χ1v) is 9.08. The van der Waals surface area contributed by atoms with E-state index in [0.717, 1.165) is 24.0 Å². The quantitative estimate of drug-likeness (QED) is 0.869. The molecule has 1 aliphatic heterocycles. The molecule has 5 heteroatoms. The Morgan fingerprint density at radius 3 is 2.60 bits per heavy atom. The minimum Gasteiger partial charge on any atom is -0.207 e. The Balaban J connectivity index is 1.96. The summed E-state index contributed by atoms with van der Waals surface area (Å²) in [5, 5.41) is 4.05. The number of rotatable bonds is 3. The van der Waals surface area contributed by atoms with Gasteiger partial charge in [0.05, 0.1) is 10.9 Å². The van der Waals surface area contributed by atoms with Crippen molar-refractivity contribution < 1.29 is 8.42 Å². The van der Waals surface area contributed by atoms with Gasteiger partial charge in [-0.25, -0.2) is 8.42 Å². The van der Waals surface area contributed by atoms with Crippen molar-refractivity contribution in [3.8, 4) is 0 Å². The van der Waals surface area contributed by atoms with Crippen LogP contribution in [0.15, 0.2) is 46.0 Å². The van der Waals surface area contributed by atoms with E-state index in [1.165, 1.54) is 0 Å². The van der Waals surface area contributed by atoms with Crippen molar-refractivity contribution in [1.29, 1.82) is 0 Å². The molecule has 3 nitrogen and oxygen atoms in total. The van der Waals surface area contributed by atoms with E-state index in [1.807, 2.05) is 35.9 Å². The van der Waals surface area contributed by atoms with Gasteiger partial charge in [0.2, 0.25) is 10.0 Å². The second-order valence-corrected chi connectivity index (χ2v) is 7.81. The topological polar surface area (TPSA) is 37.4 Å². The molecule has 106 valence electrons. The molecule has 1 atom stereocenters. The number of sulfonamides is 1. The lowest BCUT2D eigenvalue weighted by molar-refractivity contribution is 0.397. The van der Waals surface area contributed by atoms with E-state index < -0.39 is 10.0 Å². The van der Waals surface area contributed by atoms with Gasteiger partial charge < -0.3 is 0 Å². The van der Waals surface area contributed by atoms with Gasteiger partial charge in [-0.3, -0.25) is 0 Å². The number of nitrogens with zero attached hydrogens (tertiary/aromatic N) is 1. The van der Waals surface area contributed by atoms with Crippen molar-refractivity contribution in [1.82, 2.24) is 4.31 Å². The van der Waals surface area contributed by atoms with Crippen molar-refractivity contribution in [3.05, 3.63) is 52.2 Å². The van der Waals surface area contributed by atoms with Gasteiger partial charge in [-0.15, -0.1) is 0 Å². The molecule has 0 amide bonds. The first-order chi connectivity index (χ1) is 9.59. The third-order valence-electron chi connectivity index (χ3n) is 3.76. The van der Waals surface area contributed by atoms with Gasteiger partial charge in [0.1, 0.15) is 0 Å². The molecule has 0 N–H and O–H groups in total. The van der Waals surface area contributed by atoms with Gasteiger partial charge in [-0.05, 0) is 54.3 Å². The normalized spacial score (nSPS) is 20.4. The van der Waals surface area contributed by atoms with Gasteiger partial charge in [-0.1, -0.05) is 17.7 Å². The zero-order chi connectivity index (χ0) is 14.2. The van der Waals surface area contributed by atoms with E-state index in [4.69, 9.17) is 0 Å². The summed E-state index contributed by atoms with van der Waals surface area (Å²) in [5.74, 6) is 0. The van der Waals surface area contributed by atoms with Crippen LogP contribution in [0.1, 0.15) is 30.0 Å². The van der Waals surface area contributed by atoms with E-state index in [0.29, 0.717) is 11.4 Å². The van der Waals surface area contributed by atoms with Crippen LogP contribution in [-0.4, -0.2) is 19.3 Å². The molecule has 1 fully saturated rings. The Kier molecular flexibility index (Phi) is 3.67. The van der Waals surface area contributed by atoms with E-state index >= 15 is 0 Å². The summed E-state index contributed by atoms with van der Waals surface area (Å²) >= 11 is 1.62. The molecule has 2 aromatic rings. The number of aryl methyl sites for hydroxylation is 1. The SMILES string of the molecule is Cc1ccc(S(=O)(=O)N2CCC[C@H]2c2ccsc2)cc1. The molecule has 1 aliphatic rings. The Morgan fingerprint density at radius 1 is 1.20 bits per heavy atom. The molecule has 0 aliphatic carbocycles. The Hall–Kier alpha value is -1.17. The van der Waals surface area contributed by atoms with Crippen LogP contribution in [-0.2, 0) is 10.0 Å². The number of thiophene rings is 1. The second-order valence-electron chi connectivity index (χ2n) is 5.14. The highest BCUT2D eigenvalue weighted by atomic mass is 32.2. The zero-order valence-electron chi connectivity index (χ0n) is 11.3. The summed E-state index contributed by atoms with van der Waals surface area (Å²) in [6.07, 6.45) is 1.83. The number of hydrogen-bond donors (Lipinski definition) is 0. The van der Waals surface area contributed by atoms with Crippen LogP contribution in [0, 0.1) is 6.92 Å². The molecule has 0 radical (unpaired) electrons. The highest BCUT2D eigenvalue weighted by Crippen LogP contribution is 2.37. The second kappa shape index (κ2) is 5.31. The van der Waals surface area contributed by atoms with Crippen LogP contribution >= 0.6 is 11.3 Å². The molecule has 3 rings (SSSR count). The van der Waals surface area contributed by atoms with Gasteiger partial charge >= 0.3 is 0 Å². The highest BCUT2D eigenvalue weighted by molar-refractivity contribution is 7.89. The predicted octanol–water partition coefficient (Wildman–Crippen LogP) is 3.58. The standard InChI is InChI=1S/C15H17NO2S2/c1-12-4-6-14(7-5-12)20(17,18)16-9-2-3-15(16)13-8-10-19-11-13/h4-8,10-11,15H,2-3,9H2,1H3/t15-/m0/s1. The Morgan fingerprint density at radius 2 is 1.95 bits per heavy atom. The maximum absolute atomic E-state index is 12.8. The van der Waals surface area contributed by atoms with Crippen LogP contribution in [0.2, 0.25) is 0 Å². The summed E-state index contributed by atoms with van der Waals surface area (Å²) in [5.41, 5.74) is 2.18. The van der Waals surface area contributed by atoms with E-state index in [1.54, 1.807) is 27.8 Å². The molecule has 1 aromatic heterocycles. The van der Waals surface area contributed by atoms with Crippen molar-refractivity contribution in [2.45, 2.75) is 30.7 Å². The van der Waals surface area contributed by atoms with E-state index in [2.05, 4.69) is 0 Å². The average Bonchev–Trinajstić information content (AvgIpc) is 3.10. The smallest absolute Gasteiger partial charge is 0.207 e. The van der Waals surface area contributed by atoms with Crippen LogP contribution in [0.5, 0.6) is 0 Å². The molecule has 1 saturated heterocycles. The van der Waals surface area contributed by atoms with Crippen molar-refractivity contribution in [3.63, 3.8) is 0 Å². The lowest BCUT2D eigenvalue weighted by atomic mass is 10.1. The first kappa shape index (κ1) is 13.8. The lowest BCUT2D eigenvalue weighted by Gasteiger charge is -2.23.